The molecule has 0 saturated heterocycles. The minimum Gasteiger partial charge on any atom is -0.382 e. The normalized spacial score (nSPS) is 14.6. The van der Waals surface area contributed by atoms with Gasteiger partial charge in [-0.05, 0) is 12.8 Å². The molecule has 3 nitrogen and oxygen atoms in total. The van der Waals surface area contributed by atoms with Crippen LogP contribution in [0.5, 0.6) is 0 Å². The van der Waals surface area contributed by atoms with Gasteiger partial charge in [0.05, 0.1) is 11.4 Å². The number of nitrogens with one attached hydrogen (secondary N) is 1. The number of aromatic nitrogens is 2. The summed E-state index contributed by atoms with van der Waals surface area (Å²) >= 11 is 0. The van der Waals surface area contributed by atoms with Crippen LogP contribution in [0.4, 0.5) is 5.69 Å². The average molecular weight is 174 g/mol. The van der Waals surface area contributed by atoms with Gasteiger partial charge in [-0.3, -0.25) is 4.68 Å². The lowest BCUT2D eigenvalue weighted by Crippen LogP contribution is -2.09. The highest BCUT2D eigenvalue weighted by molar-refractivity contribution is 5.85. The van der Waals surface area contributed by atoms with Crippen molar-refractivity contribution < 1.29 is 0 Å². The van der Waals surface area contributed by atoms with Gasteiger partial charge < -0.3 is 5.32 Å². The van der Waals surface area contributed by atoms with Crippen LogP contribution < -0.4 is 5.32 Å². The summed E-state index contributed by atoms with van der Waals surface area (Å²) in [6.45, 7) is 1.10. The second kappa shape index (κ2) is 3.13. The second-order valence-electron chi connectivity index (χ2n) is 2.69. The molecule has 1 aromatic rings. The van der Waals surface area contributed by atoms with E-state index < -0.39 is 0 Å². The van der Waals surface area contributed by atoms with Gasteiger partial charge in [0.1, 0.15) is 0 Å². The van der Waals surface area contributed by atoms with E-state index >= 15 is 0 Å². The molecular weight excluding hydrogens is 162 g/mol. The molecule has 62 valence electrons. The Labute approximate surface area is 72.2 Å². The zero-order valence-corrected chi connectivity index (χ0v) is 7.32. The van der Waals surface area contributed by atoms with Crippen molar-refractivity contribution in [3.05, 3.63) is 11.9 Å². The number of anilines is 1. The van der Waals surface area contributed by atoms with Gasteiger partial charge in [-0.2, -0.15) is 5.10 Å². The van der Waals surface area contributed by atoms with Crippen molar-refractivity contribution in [2.75, 3.05) is 11.9 Å². The molecule has 1 aliphatic heterocycles. The highest BCUT2D eigenvalue weighted by Crippen LogP contribution is 2.18. The van der Waals surface area contributed by atoms with Crippen molar-refractivity contribution in [1.29, 1.82) is 0 Å². The predicted molar refractivity (Wildman–Crippen MR) is 47.3 cm³/mol. The fourth-order valence-corrected chi connectivity index (χ4v) is 1.35. The van der Waals surface area contributed by atoms with Crippen molar-refractivity contribution in [3.63, 3.8) is 0 Å². The molecule has 0 spiro atoms. The molecule has 4 heteroatoms. The first kappa shape index (κ1) is 8.40. The Morgan fingerprint density at radius 1 is 1.64 bits per heavy atom. The van der Waals surface area contributed by atoms with Crippen molar-refractivity contribution in [1.82, 2.24) is 9.78 Å². The number of fused-ring (bicyclic) bond motifs is 1. The average Bonchev–Trinajstić information content (AvgIpc) is 2.27. The minimum absolute atomic E-state index is 0. The summed E-state index contributed by atoms with van der Waals surface area (Å²) in [6, 6.07) is 0. The third-order valence-corrected chi connectivity index (χ3v) is 1.81. The van der Waals surface area contributed by atoms with Gasteiger partial charge in [0.2, 0.25) is 0 Å². The smallest absolute Gasteiger partial charge is 0.0856 e. The topological polar surface area (TPSA) is 29.9 Å². The largest absolute Gasteiger partial charge is 0.382 e. The Hall–Kier alpha value is -0.700. The lowest BCUT2D eigenvalue weighted by atomic mass is 10.1. The van der Waals surface area contributed by atoms with Gasteiger partial charge in [-0.1, -0.05) is 0 Å². The number of halogens is 1. The van der Waals surface area contributed by atoms with E-state index in [0.29, 0.717) is 0 Å². The molecule has 0 bridgehead atoms. The van der Waals surface area contributed by atoms with E-state index in [9.17, 15) is 0 Å². The van der Waals surface area contributed by atoms with Gasteiger partial charge >= 0.3 is 0 Å². The first-order valence-corrected chi connectivity index (χ1v) is 3.62. The summed E-state index contributed by atoms with van der Waals surface area (Å²) in [5.74, 6) is 0. The number of nitrogens with zero attached hydrogens (tertiary/aromatic N) is 2. The van der Waals surface area contributed by atoms with E-state index in [1.807, 2.05) is 17.9 Å². The van der Waals surface area contributed by atoms with Gasteiger partial charge in [-0.15, -0.1) is 12.4 Å². The molecule has 0 atom stereocenters. The quantitative estimate of drug-likeness (QED) is 0.639. The molecule has 11 heavy (non-hydrogen) atoms. The van der Waals surface area contributed by atoms with E-state index in [1.54, 1.807) is 0 Å². The highest BCUT2D eigenvalue weighted by Gasteiger charge is 2.10. The third kappa shape index (κ3) is 1.48. The molecule has 0 fully saturated rings. The van der Waals surface area contributed by atoms with Gasteiger partial charge in [0, 0.05) is 19.8 Å². The van der Waals surface area contributed by atoms with E-state index in [4.69, 9.17) is 0 Å². The fourth-order valence-electron chi connectivity index (χ4n) is 1.35. The molecule has 0 aromatic carbocycles. The zero-order valence-electron chi connectivity index (χ0n) is 6.50. The maximum atomic E-state index is 4.31. The lowest BCUT2D eigenvalue weighted by Gasteiger charge is -2.10. The summed E-state index contributed by atoms with van der Waals surface area (Å²) < 4.78 is 1.86. The molecule has 1 aromatic heterocycles. The van der Waals surface area contributed by atoms with Crippen LogP contribution in [0.15, 0.2) is 6.20 Å². The van der Waals surface area contributed by atoms with Gasteiger partial charge in [0.15, 0.2) is 0 Å². The number of hydrogen-bond donors (Lipinski definition) is 1. The molecule has 0 amide bonds. The first-order chi connectivity index (χ1) is 4.86. The summed E-state index contributed by atoms with van der Waals surface area (Å²) in [5.41, 5.74) is 2.43. The zero-order chi connectivity index (χ0) is 6.97. The van der Waals surface area contributed by atoms with Crippen LogP contribution in [0.1, 0.15) is 12.1 Å². The predicted octanol–water partition coefficient (Wildman–Crippen LogP) is 1.20. The standard InChI is InChI=1S/C7H11N3.ClH/c1-10-5-7-6(9-10)3-2-4-8-7;/h5,8H,2-4H2,1H3;1H. The summed E-state index contributed by atoms with van der Waals surface area (Å²) in [6.07, 6.45) is 4.38. The van der Waals surface area contributed by atoms with Crippen LogP contribution in [0.3, 0.4) is 0 Å². The Kier molecular flexibility index (Phi) is 2.39. The summed E-state index contributed by atoms with van der Waals surface area (Å²) in [5, 5.41) is 7.61. The first-order valence-electron chi connectivity index (χ1n) is 3.62. The number of hydrogen-bond acceptors (Lipinski definition) is 2. The van der Waals surface area contributed by atoms with E-state index in [1.165, 1.54) is 17.8 Å². The van der Waals surface area contributed by atoms with Gasteiger partial charge in [0.25, 0.3) is 0 Å². The van der Waals surface area contributed by atoms with Crippen LogP contribution in [0, 0.1) is 0 Å². The highest BCUT2D eigenvalue weighted by atomic mass is 35.5. The van der Waals surface area contributed by atoms with Gasteiger partial charge in [-0.25, -0.2) is 0 Å². The van der Waals surface area contributed by atoms with Crippen LogP contribution in [0.2, 0.25) is 0 Å². The Balaban J connectivity index is 0.000000605. The summed E-state index contributed by atoms with van der Waals surface area (Å²) in [4.78, 5) is 0. The van der Waals surface area contributed by atoms with E-state index in [0.717, 1.165) is 13.0 Å². The van der Waals surface area contributed by atoms with Crippen LogP contribution in [-0.2, 0) is 13.5 Å². The van der Waals surface area contributed by atoms with Crippen molar-refractivity contribution >= 4 is 18.1 Å². The SMILES string of the molecule is Cl.Cn1cc2c(n1)CCCN2. The van der Waals surface area contributed by atoms with E-state index in [2.05, 4.69) is 10.4 Å². The molecule has 0 unspecified atom stereocenters. The summed E-state index contributed by atoms with van der Waals surface area (Å²) in [7, 11) is 1.96. The molecule has 2 rings (SSSR count). The molecule has 1 aliphatic rings. The third-order valence-electron chi connectivity index (χ3n) is 1.81. The Bertz CT molecular complexity index is 220. The van der Waals surface area contributed by atoms with Crippen LogP contribution >= 0.6 is 12.4 Å². The second-order valence-corrected chi connectivity index (χ2v) is 2.69. The molecule has 1 N–H and O–H groups in total. The molecule has 0 saturated carbocycles. The van der Waals surface area contributed by atoms with Crippen LogP contribution in [0.25, 0.3) is 0 Å². The maximum absolute atomic E-state index is 4.31. The fraction of sp³-hybridized carbons (Fsp3) is 0.571. The number of aryl methyl sites for hydroxylation is 2. The molecule has 2 heterocycles. The number of rotatable bonds is 0. The molecule has 0 radical (unpaired) electrons. The monoisotopic (exact) mass is 173 g/mol. The van der Waals surface area contributed by atoms with Crippen molar-refractivity contribution in [2.45, 2.75) is 12.8 Å². The van der Waals surface area contributed by atoms with Crippen molar-refractivity contribution in [2.24, 2.45) is 7.05 Å². The lowest BCUT2D eigenvalue weighted by molar-refractivity contribution is 0.724. The Morgan fingerprint density at radius 3 is 3.18 bits per heavy atom. The van der Waals surface area contributed by atoms with Crippen LogP contribution in [-0.4, -0.2) is 16.3 Å². The van der Waals surface area contributed by atoms with Crippen molar-refractivity contribution in [3.8, 4) is 0 Å². The maximum Gasteiger partial charge on any atom is 0.0856 e. The van der Waals surface area contributed by atoms with E-state index in [-0.39, 0.29) is 12.4 Å². The molecule has 0 aliphatic carbocycles. The Morgan fingerprint density at radius 2 is 2.45 bits per heavy atom. The molecular formula is C7H12ClN3. The minimum atomic E-state index is 0.